The number of carbonyl (C=O) groups excluding carboxylic acids is 1. The first-order valence-corrected chi connectivity index (χ1v) is 8.22. The van der Waals surface area contributed by atoms with E-state index >= 15 is 0 Å². The average molecular weight is 332 g/mol. The number of amides is 1. The van der Waals surface area contributed by atoms with E-state index in [2.05, 4.69) is 15.0 Å². The standard InChI is InChI=1S/C15H16N4O3S/c1-9-8-23-13(18-9)12-4-2-3-5-19(12)14(20)10-6-17-11(7-16-10)15(21)22/h6-8,12H,2-5H2,1H3,(H,21,22). The number of carboxylic acid groups (broad SMARTS) is 1. The van der Waals surface area contributed by atoms with Gasteiger partial charge in [0.1, 0.15) is 10.7 Å². The van der Waals surface area contributed by atoms with Crippen LogP contribution in [0, 0.1) is 6.92 Å². The molecule has 0 aliphatic carbocycles. The van der Waals surface area contributed by atoms with Crippen LogP contribution in [-0.2, 0) is 0 Å². The molecule has 3 rings (SSSR count). The molecule has 0 bridgehead atoms. The maximum atomic E-state index is 12.7. The molecule has 1 unspecified atom stereocenters. The highest BCUT2D eigenvalue weighted by Gasteiger charge is 2.31. The molecule has 1 atom stereocenters. The Kier molecular flexibility index (Phi) is 4.33. The Labute approximate surface area is 137 Å². The molecular weight excluding hydrogens is 316 g/mol. The third-order valence-corrected chi connectivity index (χ3v) is 4.84. The molecule has 0 saturated carbocycles. The highest BCUT2D eigenvalue weighted by molar-refractivity contribution is 7.09. The monoisotopic (exact) mass is 332 g/mol. The molecule has 0 radical (unpaired) electrons. The van der Waals surface area contributed by atoms with E-state index in [1.807, 2.05) is 12.3 Å². The van der Waals surface area contributed by atoms with Crippen LogP contribution >= 0.6 is 11.3 Å². The van der Waals surface area contributed by atoms with Gasteiger partial charge in [0.05, 0.1) is 18.4 Å². The van der Waals surface area contributed by atoms with Gasteiger partial charge in [0.15, 0.2) is 5.69 Å². The fourth-order valence-corrected chi connectivity index (χ4v) is 3.60. The predicted molar refractivity (Wildman–Crippen MR) is 83.5 cm³/mol. The molecule has 7 nitrogen and oxygen atoms in total. The van der Waals surface area contributed by atoms with E-state index < -0.39 is 5.97 Å². The third kappa shape index (κ3) is 3.21. The number of likely N-dealkylation sites (tertiary alicyclic amines) is 1. The van der Waals surface area contributed by atoms with Crippen molar-refractivity contribution in [3.8, 4) is 0 Å². The summed E-state index contributed by atoms with van der Waals surface area (Å²) < 4.78 is 0. The van der Waals surface area contributed by atoms with Gasteiger partial charge in [-0.05, 0) is 26.2 Å². The van der Waals surface area contributed by atoms with Crippen molar-refractivity contribution in [2.24, 2.45) is 0 Å². The molecule has 1 saturated heterocycles. The zero-order chi connectivity index (χ0) is 16.4. The van der Waals surface area contributed by atoms with Crippen molar-refractivity contribution in [2.45, 2.75) is 32.2 Å². The fraction of sp³-hybridized carbons (Fsp3) is 0.400. The lowest BCUT2D eigenvalue weighted by Crippen LogP contribution is -2.39. The minimum Gasteiger partial charge on any atom is -0.476 e. The zero-order valence-electron chi connectivity index (χ0n) is 12.6. The third-order valence-electron chi connectivity index (χ3n) is 3.78. The molecule has 1 aliphatic rings. The Morgan fingerprint density at radius 3 is 2.61 bits per heavy atom. The van der Waals surface area contributed by atoms with E-state index in [4.69, 9.17) is 5.11 Å². The van der Waals surface area contributed by atoms with E-state index in [1.165, 1.54) is 6.20 Å². The van der Waals surface area contributed by atoms with E-state index in [0.717, 1.165) is 36.2 Å². The molecule has 1 fully saturated rings. The smallest absolute Gasteiger partial charge is 0.356 e. The Morgan fingerprint density at radius 2 is 2.00 bits per heavy atom. The SMILES string of the molecule is Cc1csc(C2CCCCN2C(=O)c2cnc(C(=O)O)cn2)n1. The van der Waals surface area contributed by atoms with Crippen LogP contribution < -0.4 is 0 Å². The number of hydrogen-bond donors (Lipinski definition) is 1. The normalized spacial score (nSPS) is 18.0. The van der Waals surface area contributed by atoms with Gasteiger partial charge in [-0.2, -0.15) is 0 Å². The topological polar surface area (TPSA) is 96.3 Å². The summed E-state index contributed by atoms with van der Waals surface area (Å²) in [4.78, 5) is 37.6. The number of piperidine rings is 1. The van der Waals surface area contributed by atoms with Gasteiger partial charge in [-0.1, -0.05) is 0 Å². The van der Waals surface area contributed by atoms with Crippen LogP contribution in [0.15, 0.2) is 17.8 Å². The first-order valence-electron chi connectivity index (χ1n) is 7.34. The van der Waals surface area contributed by atoms with Gasteiger partial charge in [0.2, 0.25) is 0 Å². The van der Waals surface area contributed by atoms with Crippen LogP contribution in [-0.4, -0.2) is 43.4 Å². The van der Waals surface area contributed by atoms with Crippen molar-refractivity contribution in [2.75, 3.05) is 6.54 Å². The molecule has 1 aliphatic heterocycles. The van der Waals surface area contributed by atoms with Crippen LogP contribution in [0.2, 0.25) is 0 Å². The number of thiazole rings is 1. The molecule has 2 aromatic heterocycles. The van der Waals surface area contributed by atoms with Crippen molar-refractivity contribution in [1.82, 2.24) is 19.9 Å². The van der Waals surface area contributed by atoms with Crippen molar-refractivity contribution in [3.05, 3.63) is 39.9 Å². The number of aryl methyl sites for hydroxylation is 1. The maximum Gasteiger partial charge on any atom is 0.356 e. The average Bonchev–Trinajstić information content (AvgIpc) is 3.00. The highest BCUT2D eigenvalue weighted by Crippen LogP contribution is 2.33. The summed E-state index contributed by atoms with van der Waals surface area (Å²) in [6.45, 7) is 2.58. The van der Waals surface area contributed by atoms with Crippen molar-refractivity contribution >= 4 is 23.2 Å². The van der Waals surface area contributed by atoms with E-state index in [9.17, 15) is 9.59 Å². The Bertz CT molecular complexity index is 729. The van der Waals surface area contributed by atoms with Gasteiger partial charge in [0.25, 0.3) is 5.91 Å². The van der Waals surface area contributed by atoms with Crippen molar-refractivity contribution < 1.29 is 14.7 Å². The molecule has 8 heteroatoms. The molecule has 23 heavy (non-hydrogen) atoms. The number of nitrogens with zero attached hydrogens (tertiary/aromatic N) is 4. The zero-order valence-corrected chi connectivity index (χ0v) is 13.4. The maximum absolute atomic E-state index is 12.7. The van der Waals surface area contributed by atoms with Crippen LogP contribution in [0.3, 0.4) is 0 Å². The number of aromatic carboxylic acids is 1. The van der Waals surface area contributed by atoms with Gasteiger partial charge < -0.3 is 10.0 Å². The van der Waals surface area contributed by atoms with Crippen LogP contribution in [0.1, 0.15) is 57.0 Å². The van der Waals surface area contributed by atoms with Crippen molar-refractivity contribution in [1.29, 1.82) is 0 Å². The summed E-state index contributed by atoms with van der Waals surface area (Å²) in [5.74, 6) is -1.39. The largest absolute Gasteiger partial charge is 0.476 e. The lowest BCUT2D eigenvalue weighted by atomic mass is 10.0. The minimum absolute atomic E-state index is 0.0455. The molecule has 0 aromatic carbocycles. The van der Waals surface area contributed by atoms with E-state index in [-0.39, 0.29) is 23.3 Å². The Balaban J connectivity index is 1.85. The first-order chi connectivity index (χ1) is 11.1. The lowest BCUT2D eigenvalue weighted by molar-refractivity contribution is 0.0601. The summed E-state index contributed by atoms with van der Waals surface area (Å²) in [7, 11) is 0. The number of carbonyl (C=O) groups is 2. The molecule has 1 N–H and O–H groups in total. The second-order valence-corrected chi connectivity index (χ2v) is 6.32. The van der Waals surface area contributed by atoms with Gasteiger partial charge >= 0.3 is 5.97 Å². The Hall–Kier alpha value is -2.35. The number of rotatable bonds is 3. The minimum atomic E-state index is -1.16. The quantitative estimate of drug-likeness (QED) is 0.926. The van der Waals surface area contributed by atoms with Gasteiger partial charge in [-0.25, -0.2) is 19.7 Å². The van der Waals surface area contributed by atoms with Gasteiger partial charge in [0, 0.05) is 17.6 Å². The first kappa shape index (κ1) is 15.5. The number of hydrogen-bond acceptors (Lipinski definition) is 6. The molecule has 120 valence electrons. The molecule has 0 spiro atoms. The highest BCUT2D eigenvalue weighted by atomic mass is 32.1. The molecular formula is C15H16N4O3S. The second-order valence-electron chi connectivity index (χ2n) is 5.43. The Morgan fingerprint density at radius 1 is 1.26 bits per heavy atom. The van der Waals surface area contributed by atoms with Crippen LogP contribution in [0.25, 0.3) is 0 Å². The summed E-state index contributed by atoms with van der Waals surface area (Å²) in [6, 6.07) is -0.0455. The summed E-state index contributed by atoms with van der Waals surface area (Å²) in [5.41, 5.74) is 0.941. The predicted octanol–water partition coefficient (Wildman–Crippen LogP) is 2.31. The van der Waals surface area contributed by atoms with Crippen LogP contribution in [0.4, 0.5) is 0 Å². The molecule has 3 heterocycles. The van der Waals surface area contributed by atoms with E-state index in [0.29, 0.717) is 6.54 Å². The molecule has 2 aromatic rings. The van der Waals surface area contributed by atoms with E-state index in [1.54, 1.807) is 16.2 Å². The summed E-state index contributed by atoms with van der Waals surface area (Å²) >= 11 is 1.56. The van der Waals surface area contributed by atoms with Gasteiger partial charge in [-0.3, -0.25) is 4.79 Å². The second kappa shape index (κ2) is 6.41. The van der Waals surface area contributed by atoms with Crippen molar-refractivity contribution in [3.63, 3.8) is 0 Å². The number of aromatic nitrogens is 3. The number of carboxylic acids is 1. The summed E-state index contributed by atoms with van der Waals surface area (Å²) in [5, 5.41) is 11.8. The molecule has 1 amide bonds. The summed E-state index contributed by atoms with van der Waals surface area (Å²) in [6.07, 6.45) is 5.20. The van der Waals surface area contributed by atoms with Gasteiger partial charge in [-0.15, -0.1) is 11.3 Å². The lowest BCUT2D eigenvalue weighted by Gasteiger charge is -2.34. The fourth-order valence-electron chi connectivity index (χ4n) is 2.65. The van der Waals surface area contributed by atoms with Crippen LogP contribution in [0.5, 0.6) is 0 Å².